The van der Waals surface area contributed by atoms with Gasteiger partial charge in [-0.25, -0.2) is 4.98 Å². The second-order valence-electron chi connectivity index (χ2n) is 1.61. The summed E-state index contributed by atoms with van der Waals surface area (Å²) >= 11 is 1.69. The Hall–Kier alpha value is -0.900. The molecule has 1 N–H and O–H groups in total. The zero-order valence-corrected chi connectivity index (χ0v) is 6.68. The average Bonchev–Trinajstić information content (AvgIpc) is 2.17. The first kappa shape index (κ1) is 9.10. The molecule has 0 spiro atoms. The highest BCUT2D eigenvalue weighted by molar-refractivity contribution is 7.09. The van der Waals surface area contributed by atoms with E-state index in [0.717, 1.165) is 10.7 Å². The van der Waals surface area contributed by atoms with Gasteiger partial charge in [0.2, 0.25) is 0 Å². The number of aryl methyl sites for hydroxylation is 2. The number of carbonyl (C=O) groups is 1. The molecule has 0 radical (unpaired) electrons. The number of nitrogens with zero attached hydrogens (tertiary/aromatic N) is 1. The van der Waals surface area contributed by atoms with Crippen molar-refractivity contribution in [1.82, 2.24) is 4.98 Å². The van der Waals surface area contributed by atoms with Gasteiger partial charge in [-0.2, -0.15) is 0 Å². The van der Waals surface area contributed by atoms with E-state index in [1.165, 1.54) is 0 Å². The Balaban J connectivity index is 0.000000236. The SMILES string of the molecule is Cc1csc(C)n1.O=CO. The normalized spacial score (nSPS) is 7.80. The first-order chi connectivity index (χ1) is 4.70. The molecule has 1 heterocycles. The van der Waals surface area contributed by atoms with Crippen molar-refractivity contribution in [3.63, 3.8) is 0 Å². The Morgan fingerprint density at radius 1 is 1.70 bits per heavy atom. The largest absolute Gasteiger partial charge is 0.483 e. The van der Waals surface area contributed by atoms with E-state index in [1.54, 1.807) is 11.3 Å². The molecule has 0 amide bonds. The molecule has 0 aliphatic heterocycles. The summed E-state index contributed by atoms with van der Waals surface area (Å²) in [5.41, 5.74) is 1.13. The van der Waals surface area contributed by atoms with Crippen molar-refractivity contribution in [2.24, 2.45) is 0 Å². The van der Waals surface area contributed by atoms with Gasteiger partial charge in [0.25, 0.3) is 6.47 Å². The molecule has 4 heteroatoms. The van der Waals surface area contributed by atoms with Crippen molar-refractivity contribution in [2.45, 2.75) is 13.8 Å². The van der Waals surface area contributed by atoms with Gasteiger partial charge in [-0.15, -0.1) is 11.3 Å². The summed E-state index contributed by atoms with van der Waals surface area (Å²) in [6.07, 6.45) is 0. The van der Waals surface area contributed by atoms with Crippen LogP contribution in [0.25, 0.3) is 0 Å². The van der Waals surface area contributed by atoms with Gasteiger partial charge in [0, 0.05) is 11.1 Å². The molecule has 0 aromatic carbocycles. The Labute approximate surface area is 63.3 Å². The zero-order valence-electron chi connectivity index (χ0n) is 5.87. The first-order valence-corrected chi connectivity index (χ1v) is 3.55. The molecular formula is C6H9NO2S. The van der Waals surface area contributed by atoms with Crippen molar-refractivity contribution in [1.29, 1.82) is 0 Å². The van der Waals surface area contributed by atoms with Crippen molar-refractivity contribution in [3.05, 3.63) is 16.1 Å². The van der Waals surface area contributed by atoms with Crippen LogP contribution in [0.3, 0.4) is 0 Å². The van der Waals surface area contributed by atoms with Crippen molar-refractivity contribution in [3.8, 4) is 0 Å². The Bertz CT molecular complexity index is 181. The van der Waals surface area contributed by atoms with E-state index in [-0.39, 0.29) is 6.47 Å². The number of hydrogen-bond donors (Lipinski definition) is 1. The van der Waals surface area contributed by atoms with Gasteiger partial charge in [-0.05, 0) is 13.8 Å². The van der Waals surface area contributed by atoms with Crippen LogP contribution in [0.2, 0.25) is 0 Å². The van der Waals surface area contributed by atoms with E-state index in [0.29, 0.717) is 0 Å². The minimum atomic E-state index is -0.250. The van der Waals surface area contributed by atoms with Crippen LogP contribution in [-0.4, -0.2) is 16.6 Å². The molecule has 1 aromatic rings. The average molecular weight is 159 g/mol. The minimum absolute atomic E-state index is 0.250. The minimum Gasteiger partial charge on any atom is -0.483 e. The summed E-state index contributed by atoms with van der Waals surface area (Å²) in [5.74, 6) is 0. The highest BCUT2D eigenvalue weighted by atomic mass is 32.1. The molecule has 0 unspecified atom stereocenters. The van der Waals surface area contributed by atoms with Gasteiger partial charge in [-0.1, -0.05) is 0 Å². The molecule has 0 aliphatic carbocycles. The number of aromatic nitrogens is 1. The maximum atomic E-state index is 8.36. The number of hydrogen-bond acceptors (Lipinski definition) is 3. The fourth-order valence-corrected chi connectivity index (χ4v) is 1.06. The van der Waals surface area contributed by atoms with E-state index >= 15 is 0 Å². The molecule has 1 aromatic heterocycles. The number of thiazole rings is 1. The van der Waals surface area contributed by atoms with Crippen LogP contribution in [0.15, 0.2) is 5.38 Å². The fraction of sp³-hybridized carbons (Fsp3) is 0.333. The quantitative estimate of drug-likeness (QED) is 0.583. The Morgan fingerprint density at radius 3 is 2.30 bits per heavy atom. The summed E-state index contributed by atoms with van der Waals surface area (Å²) in [5, 5.41) is 10.1. The molecule has 0 saturated heterocycles. The molecule has 1 rings (SSSR count). The van der Waals surface area contributed by atoms with Gasteiger partial charge >= 0.3 is 0 Å². The smallest absolute Gasteiger partial charge is 0.290 e. The molecule has 56 valence electrons. The number of carboxylic acid groups (broad SMARTS) is 1. The van der Waals surface area contributed by atoms with Crippen LogP contribution in [0, 0.1) is 13.8 Å². The molecule has 0 fully saturated rings. The van der Waals surface area contributed by atoms with Gasteiger partial charge < -0.3 is 5.11 Å². The monoisotopic (exact) mass is 159 g/mol. The van der Waals surface area contributed by atoms with Crippen molar-refractivity contribution < 1.29 is 9.90 Å². The van der Waals surface area contributed by atoms with Gasteiger partial charge in [0.15, 0.2) is 0 Å². The molecule has 3 nitrogen and oxygen atoms in total. The van der Waals surface area contributed by atoms with Crippen molar-refractivity contribution in [2.75, 3.05) is 0 Å². The van der Waals surface area contributed by atoms with Gasteiger partial charge in [0.1, 0.15) is 0 Å². The maximum absolute atomic E-state index is 8.36. The summed E-state index contributed by atoms with van der Waals surface area (Å²) in [6.45, 7) is 3.77. The van der Waals surface area contributed by atoms with Gasteiger partial charge in [-0.3, -0.25) is 4.79 Å². The molecule has 0 saturated carbocycles. The molecule has 0 bridgehead atoms. The topological polar surface area (TPSA) is 50.2 Å². The molecule has 0 atom stereocenters. The van der Waals surface area contributed by atoms with E-state index in [4.69, 9.17) is 9.90 Å². The predicted molar refractivity (Wildman–Crippen MR) is 40.3 cm³/mol. The second-order valence-corrected chi connectivity index (χ2v) is 2.68. The lowest BCUT2D eigenvalue weighted by molar-refractivity contribution is -0.122. The maximum Gasteiger partial charge on any atom is 0.290 e. The molecule has 10 heavy (non-hydrogen) atoms. The first-order valence-electron chi connectivity index (χ1n) is 2.67. The van der Waals surface area contributed by atoms with Crippen LogP contribution in [0.1, 0.15) is 10.7 Å². The zero-order chi connectivity index (χ0) is 7.98. The fourth-order valence-electron chi connectivity index (χ4n) is 0.472. The van der Waals surface area contributed by atoms with E-state index < -0.39 is 0 Å². The second kappa shape index (κ2) is 4.93. The summed E-state index contributed by atoms with van der Waals surface area (Å²) in [4.78, 5) is 12.5. The van der Waals surface area contributed by atoms with Crippen LogP contribution in [0.4, 0.5) is 0 Å². The van der Waals surface area contributed by atoms with E-state index in [1.807, 2.05) is 13.8 Å². The van der Waals surface area contributed by atoms with Crippen molar-refractivity contribution >= 4 is 17.8 Å². The third-order valence-electron chi connectivity index (χ3n) is 0.734. The highest BCUT2D eigenvalue weighted by Gasteiger charge is 1.85. The van der Waals surface area contributed by atoms with E-state index in [2.05, 4.69) is 10.4 Å². The van der Waals surface area contributed by atoms with Crippen LogP contribution in [-0.2, 0) is 4.79 Å². The standard InChI is InChI=1S/C5H7NS.CH2O2/c1-4-3-7-5(2)6-4;2-1-3/h3H,1-2H3;1H,(H,2,3). The summed E-state index contributed by atoms with van der Waals surface area (Å²) in [7, 11) is 0. The van der Waals surface area contributed by atoms with Gasteiger partial charge in [0.05, 0.1) is 5.01 Å². The lowest BCUT2D eigenvalue weighted by Gasteiger charge is -1.71. The third kappa shape index (κ3) is 4.03. The third-order valence-corrected chi connectivity index (χ3v) is 1.63. The lowest BCUT2D eigenvalue weighted by atomic mass is 10.6. The molecule has 0 aliphatic rings. The van der Waals surface area contributed by atoms with Crippen LogP contribution < -0.4 is 0 Å². The summed E-state index contributed by atoms with van der Waals surface area (Å²) < 4.78 is 0. The highest BCUT2D eigenvalue weighted by Crippen LogP contribution is 2.04. The predicted octanol–water partition coefficient (Wildman–Crippen LogP) is 1.46. The Morgan fingerprint density at radius 2 is 2.20 bits per heavy atom. The van der Waals surface area contributed by atoms with Crippen LogP contribution >= 0.6 is 11.3 Å². The summed E-state index contributed by atoms with van der Waals surface area (Å²) in [6, 6.07) is 0. The number of rotatable bonds is 0. The molecular weight excluding hydrogens is 150 g/mol. The van der Waals surface area contributed by atoms with Crippen LogP contribution in [0.5, 0.6) is 0 Å². The van der Waals surface area contributed by atoms with E-state index in [9.17, 15) is 0 Å². The Kier molecular flexibility index (Phi) is 4.49. The lowest BCUT2D eigenvalue weighted by Crippen LogP contribution is -1.67.